The van der Waals surface area contributed by atoms with Gasteiger partial charge in [0.1, 0.15) is 0 Å². The lowest BCUT2D eigenvalue weighted by atomic mass is 9.98. The number of carbonyl (C=O) groups is 1. The predicted molar refractivity (Wildman–Crippen MR) is 51.1 cm³/mol. The van der Waals surface area contributed by atoms with Crippen LogP contribution >= 0.6 is 0 Å². The van der Waals surface area contributed by atoms with Crippen LogP contribution in [0.2, 0.25) is 0 Å². The van der Waals surface area contributed by atoms with Crippen molar-refractivity contribution in [2.24, 2.45) is 5.92 Å². The Morgan fingerprint density at radius 2 is 2.43 bits per heavy atom. The lowest BCUT2D eigenvalue weighted by Crippen LogP contribution is -2.35. The molecule has 0 spiro atoms. The monoisotopic (exact) mass is 200 g/mol. The van der Waals surface area contributed by atoms with Crippen molar-refractivity contribution < 1.29 is 19.4 Å². The molecular formula is C10H16O4. The molecule has 4 nitrogen and oxygen atoms in total. The van der Waals surface area contributed by atoms with Gasteiger partial charge in [-0.25, -0.2) is 0 Å². The fourth-order valence-corrected chi connectivity index (χ4v) is 1.53. The Labute approximate surface area is 83.5 Å². The molecule has 14 heavy (non-hydrogen) atoms. The van der Waals surface area contributed by atoms with Crippen LogP contribution in [0.4, 0.5) is 0 Å². The molecule has 0 saturated carbocycles. The summed E-state index contributed by atoms with van der Waals surface area (Å²) in [6.45, 7) is 3.52. The molecule has 1 heterocycles. The second-order valence-corrected chi connectivity index (χ2v) is 3.27. The van der Waals surface area contributed by atoms with E-state index in [1.165, 1.54) is 0 Å². The molecule has 1 aliphatic heterocycles. The van der Waals surface area contributed by atoms with Gasteiger partial charge in [0.2, 0.25) is 0 Å². The Hall–Kier alpha value is -0.870. The number of rotatable bonds is 4. The molecule has 4 heteroatoms. The number of carboxylic acid groups (broad SMARTS) is 1. The smallest absolute Gasteiger partial charge is 0.304 e. The van der Waals surface area contributed by atoms with Crippen LogP contribution in [0.25, 0.3) is 0 Å². The van der Waals surface area contributed by atoms with Crippen molar-refractivity contribution in [3.8, 4) is 0 Å². The number of allylic oxidation sites excluding steroid dienone is 1. The van der Waals surface area contributed by atoms with Crippen molar-refractivity contribution in [3.63, 3.8) is 0 Å². The summed E-state index contributed by atoms with van der Waals surface area (Å²) in [4.78, 5) is 10.6. The maximum Gasteiger partial charge on any atom is 0.304 e. The summed E-state index contributed by atoms with van der Waals surface area (Å²) in [5.41, 5.74) is 0. The van der Waals surface area contributed by atoms with Crippen LogP contribution in [-0.4, -0.2) is 37.0 Å². The molecule has 0 bridgehead atoms. The summed E-state index contributed by atoms with van der Waals surface area (Å²) in [6.07, 6.45) is 3.70. The second-order valence-electron chi connectivity index (χ2n) is 3.27. The predicted octanol–water partition coefficient (Wildman–Crippen LogP) is 1.07. The average molecular weight is 200 g/mol. The van der Waals surface area contributed by atoms with Gasteiger partial charge in [0.15, 0.2) is 0 Å². The van der Waals surface area contributed by atoms with Gasteiger partial charge in [0, 0.05) is 5.92 Å². The van der Waals surface area contributed by atoms with Gasteiger partial charge >= 0.3 is 5.97 Å². The molecule has 1 aliphatic rings. The highest BCUT2D eigenvalue weighted by molar-refractivity contribution is 5.67. The molecule has 1 fully saturated rings. The zero-order valence-electron chi connectivity index (χ0n) is 8.31. The standard InChI is InChI=1S/C10H16O4/c1-2-3-8(6-10(11)12)9-7-13-4-5-14-9/h2-3,8-9H,4-7H2,1H3,(H,11,12). The molecule has 0 amide bonds. The van der Waals surface area contributed by atoms with Gasteiger partial charge < -0.3 is 14.6 Å². The summed E-state index contributed by atoms with van der Waals surface area (Å²) < 4.78 is 10.7. The zero-order valence-corrected chi connectivity index (χ0v) is 8.31. The van der Waals surface area contributed by atoms with Crippen LogP contribution in [0.5, 0.6) is 0 Å². The van der Waals surface area contributed by atoms with E-state index in [1.54, 1.807) is 0 Å². The van der Waals surface area contributed by atoms with E-state index in [9.17, 15) is 4.79 Å². The molecule has 0 aromatic rings. The lowest BCUT2D eigenvalue weighted by Gasteiger charge is -2.27. The third-order valence-electron chi connectivity index (χ3n) is 2.17. The Kier molecular flexibility index (Phi) is 4.62. The molecule has 1 N–H and O–H groups in total. The normalized spacial score (nSPS) is 25.1. The molecule has 0 radical (unpaired) electrons. The minimum Gasteiger partial charge on any atom is -0.481 e. The van der Waals surface area contributed by atoms with Crippen molar-refractivity contribution in [2.45, 2.75) is 19.4 Å². The van der Waals surface area contributed by atoms with E-state index >= 15 is 0 Å². The van der Waals surface area contributed by atoms with Gasteiger partial charge in [-0.05, 0) is 6.92 Å². The third-order valence-corrected chi connectivity index (χ3v) is 2.17. The fraction of sp³-hybridized carbons (Fsp3) is 0.700. The highest BCUT2D eigenvalue weighted by Crippen LogP contribution is 2.17. The first kappa shape index (κ1) is 11.2. The molecule has 2 unspecified atom stereocenters. The molecule has 80 valence electrons. The Bertz CT molecular complexity index is 206. The quantitative estimate of drug-likeness (QED) is 0.690. The van der Waals surface area contributed by atoms with E-state index in [-0.39, 0.29) is 18.4 Å². The van der Waals surface area contributed by atoms with Gasteiger partial charge in [-0.1, -0.05) is 12.2 Å². The molecule has 1 saturated heterocycles. The first-order valence-corrected chi connectivity index (χ1v) is 4.78. The fourth-order valence-electron chi connectivity index (χ4n) is 1.53. The summed E-state index contributed by atoms with van der Waals surface area (Å²) in [6, 6.07) is 0. The largest absolute Gasteiger partial charge is 0.481 e. The molecule has 2 atom stereocenters. The minimum absolute atomic E-state index is 0.0854. The van der Waals surface area contributed by atoms with Crippen molar-refractivity contribution in [3.05, 3.63) is 12.2 Å². The summed E-state index contributed by atoms with van der Waals surface area (Å²) in [5.74, 6) is -0.889. The molecule has 0 aliphatic carbocycles. The summed E-state index contributed by atoms with van der Waals surface area (Å²) >= 11 is 0. The Morgan fingerprint density at radius 3 is 2.93 bits per heavy atom. The van der Waals surface area contributed by atoms with Crippen molar-refractivity contribution in [2.75, 3.05) is 19.8 Å². The first-order valence-electron chi connectivity index (χ1n) is 4.78. The van der Waals surface area contributed by atoms with Gasteiger partial charge in [-0.15, -0.1) is 0 Å². The van der Waals surface area contributed by atoms with Crippen molar-refractivity contribution in [1.29, 1.82) is 0 Å². The second kappa shape index (κ2) is 5.78. The summed E-state index contributed by atoms with van der Waals surface area (Å²) in [7, 11) is 0. The zero-order chi connectivity index (χ0) is 10.4. The van der Waals surface area contributed by atoms with Crippen LogP contribution in [0, 0.1) is 5.92 Å². The maximum absolute atomic E-state index is 10.6. The van der Waals surface area contributed by atoms with E-state index in [1.807, 2.05) is 19.1 Å². The Morgan fingerprint density at radius 1 is 1.64 bits per heavy atom. The minimum atomic E-state index is -0.803. The van der Waals surface area contributed by atoms with E-state index in [2.05, 4.69) is 0 Å². The number of hydrogen-bond donors (Lipinski definition) is 1. The van der Waals surface area contributed by atoms with Gasteiger partial charge in [0.25, 0.3) is 0 Å². The maximum atomic E-state index is 10.6. The topological polar surface area (TPSA) is 55.8 Å². The number of ether oxygens (including phenoxy) is 2. The number of aliphatic carboxylic acids is 1. The van der Waals surface area contributed by atoms with Gasteiger partial charge in [-0.3, -0.25) is 4.79 Å². The van der Waals surface area contributed by atoms with Gasteiger partial charge in [-0.2, -0.15) is 0 Å². The van der Waals surface area contributed by atoms with Crippen molar-refractivity contribution in [1.82, 2.24) is 0 Å². The van der Waals surface area contributed by atoms with E-state index in [4.69, 9.17) is 14.6 Å². The van der Waals surface area contributed by atoms with Crippen LogP contribution in [-0.2, 0) is 14.3 Å². The highest BCUT2D eigenvalue weighted by atomic mass is 16.6. The van der Waals surface area contributed by atoms with Crippen LogP contribution in [0.15, 0.2) is 12.2 Å². The lowest BCUT2D eigenvalue weighted by molar-refractivity contribution is -0.142. The highest BCUT2D eigenvalue weighted by Gasteiger charge is 2.24. The first-order chi connectivity index (χ1) is 6.74. The average Bonchev–Trinajstić information content (AvgIpc) is 2.18. The van der Waals surface area contributed by atoms with Gasteiger partial charge in [0.05, 0.1) is 32.3 Å². The van der Waals surface area contributed by atoms with Crippen LogP contribution in [0.3, 0.4) is 0 Å². The molecule has 1 rings (SSSR count). The van der Waals surface area contributed by atoms with Crippen LogP contribution in [0.1, 0.15) is 13.3 Å². The SMILES string of the molecule is CC=CC(CC(=O)O)C1COCCO1. The van der Waals surface area contributed by atoms with E-state index in [0.717, 1.165) is 0 Å². The third kappa shape index (κ3) is 3.47. The Balaban J connectivity index is 2.51. The summed E-state index contributed by atoms with van der Waals surface area (Å²) in [5, 5.41) is 8.71. The van der Waals surface area contributed by atoms with E-state index < -0.39 is 5.97 Å². The van der Waals surface area contributed by atoms with Crippen molar-refractivity contribution >= 4 is 5.97 Å². The number of hydrogen-bond acceptors (Lipinski definition) is 3. The van der Waals surface area contributed by atoms with Crippen LogP contribution < -0.4 is 0 Å². The molecule has 0 aromatic carbocycles. The molecular weight excluding hydrogens is 184 g/mol. The number of carboxylic acids is 1. The van der Waals surface area contributed by atoms with E-state index in [0.29, 0.717) is 19.8 Å². The molecule has 0 aromatic heterocycles.